The number of aromatic hydroxyl groups is 1. The number of phenolic OH excluding ortho intramolecular Hbond substituents is 1. The van der Waals surface area contributed by atoms with Crippen molar-refractivity contribution in [3.8, 4) is 5.75 Å². The zero-order chi connectivity index (χ0) is 58.4. The van der Waals surface area contributed by atoms with Crippen LogP contribution in [0.25, 0.3) is 0 Å². The molecule has 1 unspecified atom stereocenters. The zero-order valence-corrected chi connectivity index (χ0v) is 47.1. The lowest BCUT2D eigenvalue weighted by molar-refractivity contribution is -0.120. The number of thioether (sulfide) groups is 1. The molecule has 31 heteroatoms. The number of phosphoric ester groups is 2. The highest BCUT2D eigenvalue weighted by molar-refractivity contribution is 8.00. The number of amides is 3. The number of carbonyl (C=O) groups is 4. The normalized spacial score (nSPS) is 20.9. The molecule has 3 aromatic rings. The molecule has 6 rings (SSSR count). The molecule has 2 aromatic carbocycles. The van der Waals surface area contributed by atoms with Crippen LogP contribution in [0.4, 0.5) is 22.0 Å². The molecular formula is C50H72N8O20P2S. The number of Topliss-reactive ketones (excluding diaryl/α,β-unsaturated/α-hetero) is 2. The lowest BCUT2D eigenvalue weighted by Gasteiger charge is -2.21. The van der Waals surface area contributed by atoms with Gasteiger partial charge in [-0.1, -0.05) is 12.5 Å². The molecule has 0 radical (unpaired) electrons. The van der Waals surface area contributed by atoms with E-state index in [-0.39, 0.29) is 84.9 Å². The zero-order valence-electron chi connectivity index (χ0n) is 44.5. The summed E-state index contributed by atoms with van der Waals surface area (Å²) in [6, 6.07) is 11.5. The monoisotopic (exact) mass is 1200 g/mol. The molecule has 3 fully saturated rings. The number of hydrogen-bond acceptors (Lipinski definition) is 21. The number of phenols is 1. The highest BCUT2D eigenvalue weighted by Crippen LogP contribution is 2.45. The average Bonchev–Trinajstić information content (AvgIpc) is 4.16. The summed E-state index contributed by atoms with van der Waals surface area (Å²) in [6.07, 6.45) is 0.835. The van der Waals surface area contributed by atoms with Crippen LogP contribution >= 0.6 is 27.4 Å². The van der Waals surface area contributed by atoms with Gasteiger partial charge in [0.2, 0.25) is 0 Å². The summed E-state index contributed by atoms with van der Waals surface area (Å²) in [5, 5.41) is 38.8. The van der Waals surface area contributed by atoms with E-state index in [1.165, 1.54) is 24.4 Å². The molecule has 7 atom stereocenters. The van der Waals surface area contributed by atoms with Crippen LogP contribution < -0.4 is 27.4 Å². The number of hydrogen-bond donors (Lipinski definition) is 10. The largest absolute Gasteiger partial charge is 0.506 e. The van der Waals surface area contributed by atoms with E-state index in [1.807, 2.05) is 11.8 Å². The van der Waals surface area contributed by atoms with Crippen molar-refractivity contribution in [2.75, 3.05) is 77.5 Å². The van der Waals surface area contributed by atoms with Crippen LogP contribution in [0, 0.1) is 0 Å². The maximum Gasteiger partial charge on any atom is 0.470 e. The van der Waals surface area contributed by atoms with Crippen molar-refractivity contribution < 1.29 is 90.8 Å². The third-order valence-electron chi connectivity index (χ3n) is 13.1. The fourth-order valence-corrected chi connectivity index (χ4v) is 11.4. The van der Waals surface area contributed by atoms with Crippen LogP contribution in [0.1, 0.15) is 91.9 Å². The quantitative estimate of drug-likeness (QED) is 0.0170. The molecule has 0 saturated carbocycles. The number of unbranched alkanes of at least 4 members (excludes halogenated alkanes) is 1. The van der Waals surface area contributed by atoms with E-state index in [2.05, 4.69) is 40.2 Å². The second-order valence-corrected chi connectivity index (χ2v) is 23.0. The van der Waals surface area contributed by atoms with Gasteiger partial charge in [-0.05, 0) is 86.9 Å². The smallest absolute Gasteiger partial charge is 0.470 e. The molecular weight excluding hydrogens is 1130 g/mol. The minimum Gasteiger partial charge on any atom is -0.506 e. The van der Waals surface area contributed by atoms with Crippen molar-refractivity contribution in [2.24, 2.45) is 10.2 Å². The average molecular weight is 1200 g/mol. The molecule has 0 aliphatic carbocycles. The van der Waals surface area contributed by atoms with Crippen molar-refractivity contribution in [1.82, 2.24) is 25.5 Å². The van der Waals surface area contributed by atoms with Crippen LogP contribution in [-0.4, -0.2) is 170 Å². The van der Waals surface area contributed by atoms with Gasteiger partial charge in [0.25, 0.3) is 5.91 Å². The number of aryl methyl sites for hydroxylation is 2. The molecule has 3 aliphatic rings. The molecule has 11 N–H and O–H groups in total. The van der Waals surface area contributed by atoms with Crippen molar-refractivity contribution in [3.63, 3.8) is 0 Å². The topological polar surface area (TPSA) is 410 Å². The van der Waals surface area contributed by atoms with Crippen LogP contribution in [0.3, 0.4) is 0 Å². The molecule has 28 nitrogen and oxygen atoms in total. The Morgan fingerprint density at radius 2 is 1.47 bits per heavy atom. The number of azo groups is 1. The molecule has 0 spiro atoms. The number of aliphatic hydroxyl groups is 1. The van der Waals surface area contributed by atoms with E-state index in [4.69, 9.17) is 39.2 Å². The summed E-state index contributed by atoms with van der Waals surface area (Å²) in [5.41, 5.74) is 6.97. The van der Waals surface area contributed by atoms with Gasteiger partial charge in [-0.25, -0.2) is 18.7 Å². The Bertz CT molecular complexity index is 2730. The van der Waals surface area contributed by atoms with Gasteiger partial charge in [-0.15, -0.1) is 5.11 Å². The Morgan fingerprint density at radius 1 is 0.802 bits per heavy atom. The Balaban J connectivity index is 0.774. The number of ketones is 2. The van der Waals surface area contributed by atoms with Crippen molar-refractivity contribution >= 4 is 68.1 Å². The first-order chi connectivity index (χ1) is 38.7. The predicted molar refractivity (Wildman–Crippen MR) is 291 cm³/mol. The number of fused-ring (bicyclic) bond motifs is 1. The Kier molecular flexibility index (Phi) is 26.3. The number of aromatic nitrogens is 2. The number of rotatable bonds is 38. The van der Waals surface area contributed by atoms with Crippen molar-refractivity contribution in [3.05, 3.63) is 75.8 Å². The lowest BCUT2D eigenvalue weighted by Crippen LogP contribution is -2.38. The number of nitrogens with two attached hydrogens (primary N) is 1. The first kappa shape index (κ1) is 65.1. The number of nitrogens with one attached hydrogen (secondary N) is 3. The third kappa shape index (κ3) is 22.6. The lowest BCUT2D eigenvalue weighted by atomic mass is 10.0. The summed E-state index contributed by atoms with van der Waals surface area (Å²) in [4.78, 5) is 103. The van der Waals surface area contributed by atoms with Gasteiger partial charge in [0.05, 0.1) is 70.6 Å². The molecule has 3 aliphatic heterocycles. The summed E-state index contributed by atoms with van der Waals surface area (Å²) < 4.78 is 60.3. The highest BCUT2D eigenvalue weighted by Gasteiger charge is 2.49. The van der Waals surface area contributed by atoms with Gasteiger partial charge in [0, 0.05) is 67.2 Å². The summed E-state index contributed by atoms with van der Waals surface area (Å²) in [7, 11) is -10.4. The number of carbonyl (C=O) groups excluding carboxylic acids is 4. The van der Waals surface area contributed by atoms with E-state index < -0.39 is 58.4 Å². The van der Waals surface area contributed by atoms with Gasteiger partial charge >= 0.3 is 27.4 Å². The van der Waals surface area contributed by atoms with Gasteiger partial charge in [0.15, 0.2) is 6.23 Å². The fraction of sp³-hybridized carbons (Fsp3) is 0.600. The number of anilines is 1. The molecule has 4 heterocycles. The second-order valence-electron chi connectivity index (χ2n) is 19.3. The van der Waals surface area contributed by atoms with Crippen molar-refractivity contribution in [1.29, 1.82) is 0 Å². The van der Waals surface area contributed by atoms with Crippen LogP contribution in [0.15, 0.2) is 63.7 Å². The Hall–Kier alpha value is -5.07. The second kappa shape index (κ2) is 32.7. The number of nitrogens with zero attached hydrogens (tertiary/aromatic N) is 4. The van der Waals surface area contributed by atoms with Gasteiger partial charge < -0.3 is 75.2 Å². The SMILES string of the molecule is Nc1nc(=O)n([C@@H]2O[C@H](COP(=O)(O)O)C(OP(=O)(O)O)[C@@H]2O)cc1CCCNC(=O)c1ccc(N=Nc2cc(CCCC(=O)CCOCCOCCOCCOCCCC(=O)CCCC[C@@H]3SC[C@@H]4NC(=O)N[C@@H]43)ccc2O)cc1. The number of nitrogen functional groups attached to an aromatic ring is 1. The van der Waals surface area contributed by atoms with Gasteiger partial charge in [0.1, 0.15) is 47.1 Å². The Morgan fingerprint density at radius 3 is 2.17 bits per heavy atom. The number of benzene rings is 2. The van der Waals surface area contributed by atoms with Crippen molar-refractivity contribution in [2.45, 2.75) is 119 Å². The predicted octanol–water partition coefficient (Wildman–Crippen LogP) is 3.58. The maximum atomic E-state index is 12.9. The number of ether oxygens (including phenoxy) is 5. The first-order valence-electron chi connectivity index (χ1n) is 26.5. The number of phosphoric acid groups is 2. The standard InChI is InChI=1S/C50H72N8O20P2S/c51-46-34(29-58(50(65)55-46)48-44(62)45(78-80(69,70)71)41(77-48)30-76-79(66,67)68)7-4-19-52-47(63)33-13-15-35(16-14-33)56-57-38-28-32(12-17-40(38)61)6-3-9-37(60)18-21-73-23-25-75-27-26-74-24-22-72-20-5-10-36(59)8-1-2-11-42-43-39(31-81-42)53-49(64)54-43/h12-17,28-29,39,41-45,48,61-62H,1-11,18-27,30-31H2,(H,52,63)(H2,51,55,65)(H2,53,54,64)(H2,66,67,68)(H2,69,70,71)/t39-,41+,42-,43-,44-,45?,48+/m0/s1. The maximum absolute atomic E-state index is 12.9. The number of aliphatic hydroxyl groups excluding tert-OH is 1. The summed E-state index contributed by atoms with van der Waals surface area (Å²) >= 11 is 1.89. The molecule has 3 amide bonds. The summed E-state index contributed by atoms with van der Waals surface area (Å²) in [6.45, 7) is 2.31. The third-order valence-corrected chi connectivity index (χ3v) is 15.6. The molecule has 81 heavy (non-hydrogen) atoms. The minimum absolute atomic E-state index is 0.0598. The molecule has 3 saturated heterocycles. The van der Waals surface area contributed by atoms with E-state index in [9.17, 15) is 53.1 Å². The van der Waals surface area contributed by atoms with Gasteiger partial charge in [-0.2, -0.15) is 21.9 Å². The van der Waals surface area contributed by atoms with E-state index >= 15 is 0 Å². The van der Waals surface area contributed by atoms with Gasteiger partial charge in [-0.3, -0.25) is 28.0 Å². The van der Waals surface area contributed by atoms with Crippen LogP contribution in [0.5, 0.6) is 5.75 Å². The number of urea groups is 1. The van der Waals surface area contributed by atoms with Crippen LogP contribution in [0.2, 0.25) is 0 Å². The molecule has 0 bridgehead atoms. The molecule has 1 aromatic heterocycles. The highest BCUT2D eigenvalue weighted by atomic mass is 32.2. The first-order valence-corrected chi connectivity index (χ1v) is 30.6. The van der Waals surface area contributed by atoms with Crippen LogP contribution in [-0.2, 0) is 64.3 Å². The minimum atomic E-state index is -5.27. The molecule has 448 valence electrons. The summed E-state index contributed by atoms with van der Waals surface area (Å²) in [5.74, 6) is 0.557. The van der Waals surface area contributed by atoms with E-state index in [1.54, 1.807) is 24.3 Å². The van der Waals surface area contributed by atoms with E-state index in [0.717, 1.165) is 35.1 Å². The Labute approximate surface area is 471 Å². The fourth-order valence-electron chi connectivity index (χ4n) is 8.99. The van der Waals surface area contributed by atoms with E-state index in [0.29, 0.717) is 101 Å².